The fraction of sp³-hybridized carbons (Fsp3) is 0.318. The Morgan fingerprint density at radius 2 is 1.80 bits per heavy atom. The lowest BCUT2D eigenvalue weighted by atomic mass is 9.87. The normalized spacial score (nSPS) is 12.4. The van der Waals surface area contributed by atoms with Crippen LogP contribution in [0.1, 0.15) is 43.6 Å². The van der Waals surface area contributed by atoms with Crippen molar-refractivity contribution in [2.75, 3.05) is 6.61 Å². The summed E-state index contributed by atoms with van der Waals surface area (Å²) in [5.74, 6) is -2.74. The number of rotatable bonds is 4. The zero-order chi connectivity index (χ0) is 22.1. The number of nitrogens with zero attached hydrogens (tertiary/aromatic N) is 2. The van der Waals surface area contributed by atoms with E-state index in [1.165, 1.54) is 4.57 Å². The molecule has 3 rings (SSSR count). The first-order valence-corrected chi connectivity index (χ1v) is 10.3. The Hall–Kier alpha value is -2.87. The maximum atomic E-state index is 14.4. The smallest absolute Gasteiger partial charge is 0.326 e. The first-order valence-electron chi connectivity index (χ1n) is 9.43. The van der Waals surface area contributed by atoms with Crippen molar-refractivity contribution >= 4 is 33.4 Å². The minimum absolute atomic E-state index is 0.00378. The highest BCUT2D eigenvalue weighted by molar-refractivity contribution is 7.16. The molecule has 0 aliphatic heterocycles. The monoisotopic (exact) mass is 432 g/mol. The third-order valence-corrected chi connectivity index (χ3v) is 5.51. The summed E-state index contributed by atoms with van der Waals surface area (Å²) in [5, 5.41) is 0. The maximum Gasteiger partial charge on any atom is 0.326 e. The number of carbonyl (C=O) groups is 2. The van der Waals surface area contributed by atoms with E-state index in [4.69, 9.17) is 4.74 Å². The number of ether oxygens (including phenoxy) is 1. The van der Waals surface area contributed by atoms with E-state index in [1.54, 1.807) is 19.1 Å². The zero-order valence-corrected chi connectivity index (χ0v) is 18.0. The van der Waals surface area contributed by atoms with Gasteiger partial charge in [-0.25, -0.2) is 8.78 Å². The van der Waals surface area contributed by atoms with Gasteiger partial charge in [-0.15, -0.1) is 0 Å². The molecule has 2 aromatic carbocycles. The Kier molecular flexibility index (Phi) is 6.17. The van der Waals surface area contributed by atoms with Crippen molar-refractivity contribution in [3.05, 3.63) is 64.0 Å². The van der Waals surface area contributed by atoms with Crippen LogP contribution in [0, 0.1) is 11.6 Å². The van der Waals surface area contributed by atoms with Gasteiger partial charge in [0.15, 0.2) is 10.6 Å². The molecular formula is C22H22F2N2O3S. The lowest BCUT2D eigenvalue weighted by Crippen LogP contribution is -2.23. The molecule has 0 bridgehead atoms. The Balaban J connectivity index is 2.09. The van der Waals surface area contributed by atoms with Crippen LogP contribution in [0.3, 0.4) is 0 Å². The maximum absolute atomic E-state index is 14.4. The summed E-state index contributed by atoms with van der Waals surface area (Å²) in [5.41, 5.74) is 1.36. The molecule has 158 valence electrons. The van der Waals surface area contributed by atoms with Crippen molar-refractivity contribution in [3.8, 4) is 0 Å². The number of benzene rings is 2. The Bertz CT molecular complexity index is 1170. The number of amides is 1. The van der Waals surface area contributed by atoms with E-state index >= 15 is 0 Å². The van der Waals surface area contributed by atoms with Crippen LogP contribution in [-0.2, 0) is 21.5 Å². The fourth-order valence-electron chi connectivity index (χ4n) is 2.96. The van der Waals surface area contributed by atoms with Gasteiger partial charge in [0.25, 0.3) is 5.91 Å². The quantitative estimate of drug-likeness (QED) is 0.567. The highest BCUT2D eigenvalue weighted by Crippen LogP contribution is 2.24. The average Bonchev–Trinajstić information content (AvgIpc) is 2.98. The van der Waals surface area contributed by atoms with Crippen LogP contribution < -0.4 is 4.80 Å². The second kappa shape index (κ2) is 8.47. The van der Waals surface area contributed by atoms with E-state index in [2.05, 4.69) is 25.8 Å². The van der Waals surface area contributed by atoms with Crippen molar-refractivity contribution in [1.82, 2.24) is 4.57 Å². The van der Waals surface area contributed by atoms with Crippen molar-refractivity contribution in [2.45, 2.75) is 39.7 Å². The summed E-state index contributed by atoms with van der Waals surface area (Å²) in [6.07, 6.45) is 0. The van der Waals surface area contributed by atoms with Crippen LogP contribution in [0.25, 0.3) is 10.2 Å². The molecule has 1 aromatic heterocycles. The molecule has 30 heavy (non-hydrogen) atoms. The molecule has 0 spiro atoms. The molecule has 5 nitrogen and oxygen atoms in total. The van der Waals surface area contributed by atoms with E-state index in [0.29, 0.717) is 5.56 Å². The number of fused-ring (bicyclic) bond motifs is 1. The molecule has 0 saturated carbocycles. The fourth-order valence-corrected chi connectivity index (χ4v) is 4.03. The molecule has 8 heteroatoms. The van der Waals surface area contributed by atoms with Gasteiger partial charge in [-0.05, 0) is 36.1 Å². The highest BCUT2D eigenvalue weighted by Gasteiger charge is 2.18. The van der Waals surface area contributed by atoms with E-state index < -0.39 is 23.5 Å². The second-order valence-corrected chi connectivity index (χ2v) is 8.76. The van der Waals surface area contributed by atoms with Crippen LogP contribution in [0.4, 0.5) is 8.78 Å². The van der Waals surface area contributed by atoms with Gasteiger partial charge in [0.2, 0.25) is 0 Å². The summed E-state index contributed by atoms with van der Waals surface area (Å²) in [4.78, 5) is 28.9. The van der Waals surface area contributed by atoms with Crippen LogP contribution >= 0.6 is 11.3 Å². The van der Waals surface area contributed by atoms with E-state index in [0.717, 1.165) is 29.0 Å². The summed E-state index contributed by atoms with van der Waals surface area (Å²) >= 11 is 0.930. The molecule has 0 atom stereocenters. The van der Waals surface area contributed by atoms with E-state index in [-0.39, 0.29) is 33.6 Å². The van der Waals surface area contributed by atoms with Gasteiger partial charge in [0.05, 0.1) is 16.8 Å². The molecule has 0 fully saturated rings. The first-order chi connectivity index (χ1) is 14.1. The zero-order valence-electron chi connectivity index (χ0n) is 17.2. The summed E-state index contributed by atoms with van der Waals surface area (Å²) < 4.78 is 34.5. The predicted octanol–water partition coefficient (Wildman–Crippen LogP) is 4.58. The van der Waals surface area contributed by atoms with Crippen LogP contribution in [0.15, 0.2) is 41.4 Å². The number of esters is 1. The third kappa shape index (κ3) is 4.64. The molecular weight excluding hydrogens is 410 g/mol. The van der Waals surface area contributed by atoms with Gasteiger partial charge in [0.1, 0.15) is 12.4 Å². The van der Waals surface area contributed by atoms with Crippen molar-refractivity contribution < 1.29 is 23.1 Å². The van der Waals surface area contributed by atoms with E-state index in [1.807, 2.05) is 12.1 Å². The van der Waals surface area contributed by atoms with Gasteiger partial charge in [-0.1, -0.05) is 44.2 Å². The molecule has 1 amide bonds. The lowest BCUT2D eigenvalue weighted by Gasteiger charge is -2.18. The minimum Gasteiger partial charge on any atom is -0.465 e. The average molecular weight is 432 g/mol. The Morgan fingerprint density at radius 3 is 2.40 bits per heavy atom. The van der Waals surface area contributed by atoms with Gasteiger partial charge in [0, 0.05) is 11.6 Å². The number of carbonyl (C=O) groups excluding carboxylic acids is 2. The molecule has 0 saturated heterocycles. The molecule has 0 N–H and O–H groups in total. The third-order valence-electron chi connectivity index (χ3n) is 4.48. The number of thiazole rings is 1. The summed E-state index contributed by atoms with van der Waals surface area (Å²) in [7, 11) is 0. The molecule has 0 aliphatic carbocycles. The number of halogens is 2. The SMILES string of the molecule is CCOC(=O)Cn1c(=NC(=O)c2ccc(C(C)(C)C)cc2)sc2cc(F)cc(F)c21. The molecule has 3 aromatic rings. The minimum atomic E-state index is -0.839. The van der Waals surface area contributed by atoms with Gasteiger partial charge < -0.3 is 9.30 Å². The van der Waals surface area contributed by atoms with Crippen molar-refractivity contribution in [1.29, 1.82) is 0 Å². The van der Waals surface area contributed by atoms with Gasteiger partial charge in [-0.2, -0.15) is 4.99 Å². The molecule has 1 heterocycles. The highest BCUT2D eigenvalue weighted by atomic mass is 32.1. The standard InChI is InChI=1S/C22H22F2N2O3S/c1-5-29-18(27)12-26-19-16(24)10-15(23)11-17(19)30-21(26)25-20(28)13-6-8-14(9-7-13)22(2,3)4/h6-11H,5,12H2,1-4H3. The number of aromatic nitrogens is 1. The second-order valence-electron chi connectivity index (χ2n) is 7.75. The molecule has 0 unspecified atom stereocenters. The predicted molar refractivity (Wildman–Crippen MR) is 111 cm³/mol. The molecule has 0 radical (unpaired) electrons. The van der Waals surface area contributed by atoms with Crippen molar-refractivity contribution in [3.63, 3.8) is 0 Å². The van der Waals surface area contributed by atoms with Gasteiger partial charge >= 0.3 is 5.97 Å². The van der Waals surface area contributed by atoms with Gasteiger partial charge in [-0.3, -0.25) is 9.59 Å². The van der Waals surface area contributed by atoms with Crippen molar-refractivity contribution in [2.24, 2.45) is 4.99 Å². The Labute approximate surface area is 176 Å². The number of hydrogen-bond donors (Lipinski definition) is 0. The van der Waals surface area contributed by atoms with Crippen LogP contribution in [-0.4, -0.2) is 23.1 Å². The topological polar surface area (TPSA) is 60.7 Å². The van der Waals surface area contributed by atoms with E-state index in [9.17, 15) is 18.4 Å². The van der Waals surface area contributed by atoms with Crippen LogP contribution in [0.2, 0.25) is 0 Å². The summed E-state index contributed by atoms with van der Waals surface area (Å²) in [6, 6.07) is 8.94. The first kappa shape index (κ1) is 21.8. The largest absolute Gasteiger partial charge is 0.465 e. The van der Waals surface area contributed by atoms with Crippen LogP contribution in [0.5, 0.6) is 0 Å². The lowest BCUT2D eigenvalue weighted by molar-refractivity contribution is -0.143. The molecule has 0 aliphatic rings. The Morgan fingerprint density at radius 1 is 1.13 bits per heavy atom. The summed E-state index contributed by atoms with van der Waals surface area (Å²) in [6.45, 7) is 7.67. The number of hydrogen-bond acceptors (Lipinski definition) is 4.